The lowest BCUT2D eigenvalue weighted by Crippen LogP contribution is -2.02. The van der Waals surface area contributed by atoms with Crippen LogP contribution in [0.3, 0.4) is 0 Å². The number of benzene rings is 8. The first-order valence-electron chi connectivity index (χ1n) is 20.0. The fourth-order valence-electron chi connectivity index (χ4n) is 8.29. The van der Waals surface area contributed by atoms with Gasteiger partial charge in [0.25, 0.3) is 0 Å². The van der Waals surface area contributed by atoms with E-state index in [2.05, 4.69) is 191 Å². The average Bonchev–Trinajstić information content (AvgIpc) is 3.82. The highest BCUT2D eigenvalue weighted by Gasteiger charge is 2.19. The van der Waals surface area contributed by atoms with E-state index in [1.54, 1.807) is 0 Å². The molecule has 11 rings (SSSR count). The highest BCUT2D eigenvalue weighted by Crippen LogP contribution is 2.40. The molecule has 0 aliphatic rings. The van der Waals surface area contributed by atoms with Crippen molar-refractivity contribution in [1.29, 1.82) is 0 Å². The van der Waals surface area contributed by atoms with Gasteiger partial charge in [0.15, 0.2) is 5.82 Å². The molecule has 0 atom stereocenters. The van der Waals surface area contributed by atoms with E-state index in [9.17, 15) is 0 Å². The Morgan fingerprint density at radius 3 is 1.33 bits per heavy atom. The largest absolute Gasteiger partial charge is 0.309 e. The van der Waals surface area contributed by atoms with Gasteiger partial charge in [-0.3, -0.25) is 4.57 Å². The van der Waals surface area contributed by atoms with Gasteiger partial charge in [-0.1, -0.05) is 159 Å². The van der Waals surface area contributed by atoms with Crippen LogP contribution in [0.25, 0.3) is 100 Å². The quantitative estimate of drug-likeness (QED) is 0.170. The van der Waals surface area contributed by atoms with E-state index in [1.165, 1.54) is 49.3 Å². The summed E-state index contributed by atoms with van der Waals surface area (Å²) >= 11 is 0. The molecule has 0 radical (unpaired) electrons. The molecule has 8 aromatic carbocycles. The first-order chi connectivity index (χ1) is 28.8. The minimum absolute atomic E-state index is 0.692. The second kappa shape index (κ2) is 14.8. The predicted molar refractivity (Wildman–Crippen MR) is 244 cm³/mol. The van der Waals surface area contributed by atoms with Gasteiger partial charge in [-0.15, -0.1) is 0 Å². The van der Waals surface area contributed by atoms with Crippen LogP contribution in [0.4, 0.5) is 0 Å². The maximum Gasteiger partial charge on any atom is 0.162 e. The van der Waals surface area contributed by atoms with E-state index in [4.69, 9.17) is 9.97 Å². The molecule has 0 bridgehead atoms. The molecular formula is C54H40N4. The fraction of sp³-hybridized carbons (Fsp3) is 0.0370. The summed E-state index contributed by atoms with van der Waals surface area (Å²) in [6.07, 6.45) is 0. The minimum atomic E-state index is 0.692. The van der Waals surface area contributed by atoms with Gasteiger partial charge >= 0.3 is 0 Å². The minimum Gasteiger partial charge on any atom is -0.309 e. The van der Waals surface area contributed by atoms with Crippen molar-refractivity contribution in [2.24, 2.45) is 0 Å². The highest BCUT2D eigenvalue weighted by molar-refractivity contribution is 6.13. The summed E-state index contributed by atoms with van der Waals surface area (Å²) in [6.45, 7) is 4.00. The Hall–Kier alpha value is -7.56. The van der Waals surface area contributed by atoms with E-state index in [1.807, 2.05) is 38.1 Å². The molecule has 3 aromatic heterocycles. The first-order valence-corrected chi connectivity index (χ1v) is 20.0. The van der Waals surface area contributed by atoms with Gasteiger partial charge in [0.1, 0.15) is 5.82 Å². The van der Waals surface area contributed by atoms with E-state index < -0.39 is 0 Å². The number of fused-ring (bicyclic) bond motifs is 6. The molecule has 0 unspecified atom stereocenters. The molecule has 0 aliphatic heterocycles. The van der Waals surface area contributed by atoms with Crippen molar-refractivity contribution in [3.63, 3.8) is 0 Å². The zero-order valence-electron chi connectivity index (χ0n) is 32.4. The lowest BCUT2D eigenvalue weighted by molar-refractivity contribution is 1.05. The van der Waals surface area contributed by atoms with Gasteiger partial charge in [-0.25, -0.2) is 9.97 Å². The Labute approximate surface area is 338 Å². The van der Waals surface area contributed by atoms with Crippen LogP contribution in [0.15, 0.2) is 206 Å². The molecule has 4 heteroatoms. The molecular weight excluding hydrogens is 705 g/mol. The van der Waals surface area contributed by atoms with Crippen LogP contribution >= 0.6 is 0 Å². The van der Waals surface area contributed by atoms with Gasteiger partial charge in [-0.05, 0) is 76.9 Å². The second-order valence-corrected chi connectivity index (χ2v) is 14.3. The molecule has 0 aliphatic carbocycles. The van der Waals surface area contributed by atoms with Crippen molar-refractivity contribution in [3.05, 3.63) is 206 Å². The number of rotatable bonds is 6. The summed E-state index contributed by atoms with van der Waals surface area (Å²) in [5, 5.41) is 4.82. The van der Waals surface area contributed by atoms with Gasteiger partial charge in [0.05, 0.1) is 27.8 Å². The third kappa shape index (κ3) is 6.03. The maximum atomic E-state index is 5.27. The molecule has 0 spiro atoms. The first kappa shape index (κ1) is 34.9. The van der Waals surface area contributed by atoms with Gasteiger partial charge in [0, 0.05) is 44.4 Å². The Bertz CT molecular complexity index is 3160. The van der Waals surface area contributed by atoms with E-state index in [-0.39, 0.29) is 0 Å². The lowest BCUT2D eigenvalue weighted by Gasteiger charge is -2.12. The topological polar surface area (TPSA) is 35.6 Å². The van der Waals surface area contributed by atoms with Crippen molar-refractivity contribution in [2.45, 2.75) is 13.8 Å². The van der Waals surface area contributed by atoms with E-state index >= 15 is 0 Å². The van der Waals surface area contributed by atoms with Crippen LogP contribution in [0.5, 0.6) is 0 Å². The Morgan fingerprint density at radius 1 is 0.310 bits per heavy atom. The Kier molecular flexibility index (Phi) is 8.92. The van der Waals surface area contributed by atoms with Crippen LogP contribution in [-0.2, 0) is 0 Å². The highest BCUT2D eigenvalue weighted by atomic mass is 15.1. The zero-order valence-corrected chi connectivity index (χ0v) is 32.4. The van der Waals surface area contributed by atoms with Crippen molar-refractivity contribution >= 4 is 43.6 Å². The molecule has 276 valence electrons. The number of hydrogen-bond donors (Lipinski definition) is 0. The predicted octanol–water partition coefficient (Wildman–Crippen LogP) is 14.4. The smallest absolute Gasteiger partial charge is 0.162 e. The summed E-state index contributed by atoms with van der Waals surface area (Å²) in [6, 6.07) is 73.3. The molecule has 0 N–H and O–H groups in total. The van der Waals surface area contributed by atoms with Crippen LogP contribution in [0, 0.1) is 0 Å². The molecule has 4 nitrogen and oxygen atoms in total. The van der Waals surface area contributed by atoms with Crippen molar-refractivity contribution in [1.82, 2.24) is 19.1 Å². The third-order valence-electron chi connectivity index (χ3n) is 10.9. The van der Waals surface area contributed by atoms with Gasteiger partial charge in [-0.2, -0.15) is 0 Å². The molecule has 0 amide bonds. The van der Waals surface area contributed by atoms with Gasteiger partial charge in [0.2, 0.25) is 0 Å². The Morgan fingerprint density at radius 2 is 0.741 bits per heavy atom. The van der Waals surface area contributed by atoms with Crippen LogP contribution in [0.2, 0.25) is 0 Å². The molecule has 0 saturated carbocycles. The normalized spacial score (nSPS) is 11.3. The molecule has 58 heavy (non-hydrogen) atoms. The average molecular weight is 745 g/mol. The molecule has 0 saturated heterocycles. The molecule has 0 fully saturated rings. The lowest BCUT2D eigenvalue weighted by atomic mass is 9.99. The van der Waals surface area contributed by atoms with E-state index in [0.29, 0.717) is 5.82 Å². The maximum absolute atomic E-state index is 5.27. The number of nitrogens with zero attached hydrogens (tertiary/aromatic N) is 4. The summed E-state index contributed by atoms with van der Waals surface area (Å²) < 4.78 is 4.67. The zero-order chi connectivity index (χ0) is 39.0. The van der Waals surface area contributed by atoms with E-state index in [0.717, 1.165) is 44.9 Å². The SMILES string of the molecule is CC.c1ccc(-c2ccc3c(c2)c2cc(-c4ccc5c(c4)c4ccccc4n5-c4ccccc4)ccc2n3-c2cc(-c3ccccc3)nc(-c3ccccc3)n2)cc1. The number of aromatic nitrogens is 4. The van der Waals surface area contributed by atoms with Gasteiger partial charge < -0.3 is 4.57 Å². The summed E-state index contributed by atoms with van der Waals surface area (Å²) in [7, 11) is 0. The monoisotopic (exact) mass is 744 g/mol. The van der Waals surface area contributed by atoms with Crippen LogP contribution in [0.1, 0.15) is 13.8 Å². The Balaban J connectivity index is 0.00000201. The standard InChI is InChI=1S/C52H34N4.C2H6/c1-5-15-35(16-6-1)38-25-29-49-44(31-38)45-33-40(39-26-28-48-43(32-39)42-23-13-14-24-47(42)55(48)41-21-11-4-12-22-41)27-30-50(45)56(49)51-34-46(36-17-7-2-8-18-36)53-52(54-51)37-19-9-3-10-20-37;1-2/h1-34H;1-2H3. The molecule has 3 heterocycles. The van der Waals surface area contributed by atoms with Crippen molar-refractivity contribution in [2.75, 3.05) is 0 Å². The van der Waals surface area contributed by atoms with Crippen molar-refractivity contribution in [3.8, 4) is 56.4 Å². The van der Waals surface area contributed by atoms with Crippen LogP contribution in [-0.4, -0.2) is 19.1 Å². The number of hydrogen-bond acceptors (Lipinski definition) is 2. The summed E-state index contributed by atoms with van der Waals surface area (Å²) in [5.74, 6) is 1.52. The second-order valence-electron chi connectivity index (χ2n) is 14.3. The van der Waals surface area contributed by atoms with Crippen molar-refractivity contribution < 1.29 is 0 Å². The molecule has 11 aromatic rings. The summed E-state index contributed by atoms with van der Waals surface area (Å²) in [5.41, 5.74) is 13.3. The summed E-state index contributed by atoms with van der Waals surface area (Å²) in [4.78, 5) is 10.4. The third-order valence-corrected chi connectivity index (χ3v) is 10.9. The van der Waals surface area contributed by atoms with Crippen LogP contribution < -0.4 is 0 Å². The number of para-hydroxylation sites is 2. The fourth-order valence-corrected chi connectivity index (χ4v) is 8.29.